The van der Waals surface area contributed by atoms with E-state index < -0.39 is 0 Å². The Morgan fingerprint density at radius 2 is 2.21 bits per heavy atom. The smallest absolute Gasteiger partial charge is 0.250 e. The number of amidine groups is 1. The van der Waals surface area contributed by atoms with Gasteiger partial charge in [-0.05, 0) is 30.7 Å². The average Bonchev–Trinajstić information content (AvgIpc) is 2.42. The second kappa shape index (κ2) is 5.53. The third-order valence-corrected chi connectivity index (χ3v) is 2.68. The Kier molecular flexibility index (Phi) is 3.82. The van der Waals surface area contributed by atoms with Crippen molar-refractivity contribution in [2.24, 2.45) is 10.9 Å². The van der Waals surface area contributed by atoms with E-state index >= 15 is 0 Å². The molecule has 6 nitrogen and oxygen atoms in total. The molecule has 7 heteroatoms. The van der Waals surface area contributed by atoms with Gasteiger partial charge in [0.25, 0.3) is 0 Å². The lowest BCUT2D eigenvalue weighted by Crippen LogP contribution is -2.15. The maximum absolute atomic E-state index is 8.71. The van der Waals surface area contributed by atoms with Crippen molar-refractivity contribution in [1.82, 2.24) is 10.2 Å². The van der Waals surface area contributed by atoms with E-state index in [-0.39, 0.29) is 11.7 Å². The van der Waals surface area contributed by atoms with Gasteiger partial charge in [0, 0.05) is 0 Å². The highest BCUT2D eigenvalue weighted by Gasteiger charge is 2.12. The third-order valence-electron chi connectivity index (χ3n) is 2.36. The van der Waals surface area contributed by atoms with E-state index in [0.29, 0.717) is 16.3 Å². The number of hydrogen-bond acceptors (Lipinski definition) is 5. The highest BCUT2D eigenvalue weighted by atomic mass is 35.5. The lowest BCUT2D eigenvalue weighted by atomic mass is 10.2. The second-order valence-corrected chi connectivity index (χ2v) is 4.18. The van der Waals surface area contributed by atoms with E-state index in [0.717, 1.165) is 5.56 Å². The summed E-state index contributed by atoms with van der Waals surface area (Å²) in [5.41, 5.74) is 6.84. The SMILES string of the molecule is Cc1ccc(Cl)c(Oc2nnccc2/C(N)=N/O)c1. The second-order valence-electron chi connectivity index (χ2n) is 3.77. The van der Waals surface area contributed by atoms with Crippen molar-refractivity contribution in [2.75, 3.05) is 0 Å². The highest BCUT2D eigenvalue weighted by molar-refractivity contribution is 6.32. The number of nitrogens with zero attached hydrogens (tertiary/aromatic N) is 3. The molecule has 0 amide bonds. The van der Waals surface area contributed by atoms with Crippen LogP contribution in [0.25, 0.3) is 0 Å². The maximum Gasteiger partial charge on any atom is 0.250 e. The molecule has 0 fully saturated rings. The molecular formula is C12H11ClN4O2. The summed E-state index contributed by atoms with van der Waals surface area (Å²) in [4.78, 5) is 0. The van der Waals surface area contributed by atoms with Gasteiger partial charge >= 0.3 is 0 Å². The zero-order chi connectivity index (χ0) is 13.8. The molecule has 0 unspecified atom stereocenters. The van der Waals surface area contributed by atoms with Gasteiger partial charge in [-0.3, -0.25) is 0 Å². The third kappa shape index (κ3) is 2.92. The number of halogens is 1. The fourth-order valence-electron chi connectivity index (χ4n) is 1.44. The van der Waals surface area contributed by atoms with E-state index in [1.807, 2.05) is 13.0 Å². The van der Waals surface area contributed by atoms with Crippen molar-refractivity contribution in [1.29, 1.82) is 0 Å². The highest BCUT2D eigenvalue weighted by Crippen LogP contribution is 2.30. The largest absolute Gasteiger partial charge is 0.435 e. The summed E-state index contributed by atoms with van der Waals surface area (Å²) < 4.78 is 5.57. The summed E-state index contributed by atoms with van der Waals surface area (Å²) in [7, 11) is 0. The van der Waals surface area contributed by atoms with Crippen LogP contribution in [-0.2, 0) is 0 Å². The number of rotatable bonds is 3. The van der Waals surface area contributed by atoms with Crippen molar-refractivity contribution in [3.63, 3.8) is 0 Å². The van der Waals surface area contributed by atoms with Crippen LogP contribution in [0.5, 0.6) is 11.6 Å². The molecule has 0 bridgehead atoms. The molecule has 98 valence electrons. The van der Waals surface area contributed by atoms with Crippen LogP contribution in [0.4, 0.5) is 0 Å². The minimum absolute atomic E-state index is 0.116. The Bertz CT molecular complexity index is 631. The first-order chi connectivity index (χ1) is 9.11. The fraction of sp³-hybridized carbons (Fsp3) is 0.0833. The Hall–Kier alpha value is -2.34. The number of oxime groups is 1. The topological polar surface area (TPSA) is 93.6 Å². The van der Waals surface area contributed by atoms with E-state index in [9.17, 15) is 0 Å². The number of aryl methyl sites for hydroxylation is 1. The van der Waals surface area contributed by atoms with Crippen molar-refractivity contribution in [3.05, 3.63) is 46.6 Å². The van der Waals surface area contributed by atoms with Gasteiger partial charge < -0.3 is 15.7 Å². The zero-order valence-corrected chi connectivity index (χ0v) is 10.8. The van der Waals surface area contributed by atoms with Gasteiger partial charge in [-0.15, -0.1) is 5.10 Å². The molecule has 0 spiro atoms. The van der Waals surface area contributed by atoms with Crippen LogP contribution in [0.3, 0.4) is 0 Å². The molecule has 0 saturated carbocycles. The zero-order valence-electron chi connectivity index (χ0n) is 10.0. The minimum Gasteiger partial charge on any atom is -0.435 e. The van der Waals surface area contributed by atoms with Crippen LogP contribution >= 0.6 is 11.6 Å². The van der Waals surface area contributed by atoms with Crippen molar-refractivity contribution < 1.29 is 9.94 Å². The quantitative estimate of drug-likeness (QED) is 0.389. The minimum atomic E-state index is -0.117. The maximum atomic E-state index is 8.71. The van der Waals surface area contributed by atoms with Gasteiger partial charge in [0.1, 0.15) is 5.75 Å². The van der Waals surface area contributed by atoms with Crippen molar-refractivity contribution in [2.45, 2.75) is 6.92 Å². The number of hydrogen-bond donors (Lipinski definition) is 2. The molecule has 1 heterocycles. The van der Waals surface area contributed by atoms with Crippen molar-refractivity contribution in [3.8, 4) is 11.6 Å². The molecule has 1 aromatic heterocycles. The Morgan fingerprint density at radius 1 is 1.42 bits per heavy atom. The molecule has 19 heavy (non-hydrogen) atoms. The van der Waals surface area contributed by atoms with Crippen LogP contribution < -0.4 is 10.5 Å². The van der Waals surface area contributed by atoms with Gasteiger partial charge in [0.15, 0.2) is 5.84 Å². The summed E-state index contributed by atoms with van der Waals surface area (Å²) in [6, 6.07) is 6.86. The first-order valence-electron chi connectivity index (χ1n) is 5.35. The molecule has 1 aromatic carbocycles. The summed E-state index contributed by atoms with van der Waals surface area (Å²) >= 11 is 6.03. The predicted octanol–water partition coefficient (Wildman–Crippen LogP) is 2.33. The number of aromatic nitrogens is 2. The Balaban J connectivity index is 2.41. The van der Waals surface area contributed by atoms with E-state index in [1.165, 1.54) is 12.3 Å². The number of nitrogens with two attached hydrogens (primary N) is 1. The van der Waals surface area contributed by atoms with Crippen LogP contribution in [0, 0.1) is 6.92 Å². The molecule has 0 aliphatic carbocycles. The van der Waals surface area contributed by atoms with E-state index in [2.05, 4.69) is 15.4 Å². The number of ether oxygens (including phenoxy) is 1. The summed E-state index contributed by atoms with van der Waals surface area (Å²) in [5.74, 6) is 0.424. The predicted molar refractivity (Wildman–Crippen MR) is 70.8 cm³/mol. The van der Waals surface area contributed by atoms with E-state index in [1.54, 1.807) is 12.1 Å². The first kappa shape index (κ1) is 13.1. The van der Waals surface area contributed by atoms with Crippen LogP contribution in [0.2, 0.25) is 5.02 Å². The van der Waals surface area contributed by atoms with Crippen LogP contribution in [0.1, 0.15) is 11.1 Å². The molecule has 2 rings (SSSR count). The molecule has 0 atom stereocenters. The monoisotopic (exact) mass is 278 g/mol. The van der Waals surface area contributed by atoms with Crippen LogP contribution in [-0.4, -0.2) is 21.2 Å². The Morgan fingerprint density at radius 3 is 2.95 bits per heavy atom. The van der Waals surface area contributed by atoms with E-state index in [4.69, 9.17) is 27.3 Å². The molecule has 0 radical (unpaired) electrons. The lowest BCUT2D eigenvalue weighted by molar-refractivity contribution is 0.318. The molecule has 0 aliphatic heterocycles. The summed E-state index contributed by atoms with van der Waals surface area (Å²) in [5, 5.41) is 19.6. The standard InChI is InChI=1S/C12H11ClN4O2/c1-7-2-3-9(13)10(6-7)19-12-8(11(14)17-18)4-5-15-16-12/h2-6,18H,1H3,(H2,14,17). The molecule has 2 aromatic rings. The lowest BCUT2D eigenvalue weighted by Gasteiger charge is -2.09. The summed E-state index contributed by atoms with van der Waals surface area (Å²) in [6.07, 6.45) is 1.41. The Labute approximate surface area is 114 Å². The molecule has 0 saturated heterocycles. The van der Waals surface area contributed by atoms with Crippen molar-refractivity contribution >= 4 is 17.4 Å². The first-order valence-corrected chi connectivity index (χ1v) is 5.73. The normalized spacial score (nSPS) is 11.4. The van der Waals surface area contributed by atoms with Gasteiger partial charge in [0.05, 0.1) is 16.8 Å². The van der Waals surface area contributed by atoms with Gasteiger partial charge in [-0.1, -0.05) is 22.8 Å². The van der Waals surface area contributed by atoms with Gasteiger partial charge in [-0.25, -0.2) is 0 Å². The van der Waals surface area contributed by atoms with Crippen LogP contribution in [0.15, 0.2) is 35.6 Å². The van der Waals surface area contributed by atoms with Gasteiger partial charge in [-0.2, -0.15) is 5.10 Å². The summed E-state index contributed by atoms with van der Waals surface area (Å²) in [6.45, 7) is 1.91. The number of benzene rings is 1. The molecule has 0 aliphatic rings. The fourth-order valence-corrected chi connectivity index (χ4v) is 1.59. The molecular weight excluding hydrogens is 268 g/mol. The average molecular weight is 279 g/mol. The molecule has 3 N–H and O–H groups in total. The van der Waals surface area contributed by atoms with Gasteiger partial charge in [0.2, 0.25) is 5.88 Å².